The third kappa shape index (κ3) is 5.04. The van der Waals surface area contributed by atoms with Crippen LogP contribution in [0.25, 0.3) is 0 Å². The van der Waals surface area contributed by atoms with Gasteiger partial charge in [-0.3, -0.25) is 9.69 Å². The van der Waals surface area contributed by atoms with Crippen LogP contribution in [0.4, 0.5) is 4.79 Å². The lowest BCUT2D eigenvalue weighted by Crippen LogP contribution is -2.50. The van der Waals surface area contributed by atoms with E-state index in [9.17, 15) is 14.7 Å². The summed E-state index contributed by atoms with van der Waals surface area (Å²) in [6, 6.07) is -0.463. The molecule has 1 aliphatic heterocycles. The van der Waals surface area contributed by atoms with Crippen LogP contribution in [0.2, 0.25) is 0 Å². The quantitative estimate of drug-likeness (QED) is 0.656. The summed E-state index contributed by atoms with van der Waals surface area (Å²) in [5, 5.41) is 12.4. The van der Waals surface area contributed by atoms with Gasteiger partial charge >= 0.3 is 6.09 Å². The molecule has 0 aliphatic carbocycles. The molecule has 0 radical (unpaired) electrons. The minimum absolute atomic E-state index is 0.00130. The second-order valence-corrected chi connectivity index (χ2v) is 5.66. The van der Waals surface area contributed by atoms with Crippen LogP contribution >= 0.6 is 0 Å². The zero-order valence-electron chi connectivity index (χ0n) is 11.7. The van der Waals surface area contributed by atoms with Crippen LogP contribution in [0, 0.1) is 0 Å². The molecule has 2 unspecified atom stereocenters. The van der Waals surface area contributed by atoms with Gasteiger partial charge in [-0.05, 0) is 33.6 Å². The van der Waals surface area contributed by atoms with E-state index in [0.717, 1.165) is 6.42 Å². The van der Waals surface area contributed by atoms with Crippen molar-refractivity contribution in [2.24, 2.45) is 5.73 Å². The fraction of sp³-hybridized carbons (Fsp3) is 0.833. The average molecular weight is 273 g/mol. The molecular weight excluding hydrogens is 250 g/mol. The minimum Gasteiger partial charge on any atom is -0.444 e. The topological polar surface area (TPSA) is 105 Å². The molecule has 1 heterocycles. The maximum Gasteiger partial charge on any atom is 0.407 e. The van der Waals surface area contributed by atoms with E-state index in [0.29, 0.717) is 13.0 Å². The average Bonchev–Trinajstić information content (AvgIpc) is 2.72. The van der Waals surface area contributed by atoms with Crippen molar-refractivity contribution in [1.29, 1.82) is 0 Å². The molecule has 0 saturated carbocycles. The van der Waals surface area contributed by atoms with Crippen LogP contribution in [0.15, 0.2) is 0 Å². The number of carbonyl (C=O) groups excluding carboxylic acids is 2. The molecule has 1 fully saturated rings. The summed E-state index contributed by atoms with van der Waals surface area (Å²) in [7, 11) is 0. The molecular formula is C12H23N3O4. The zero-order chi connectivity index (χ0) is 14.6. The van der Waals surface area contributed by atoms with Gasteiger partial charge in [-0.2, -0.15) is 0 Å². The van der Waals surface area contributed by atoms with E-state index >= 15 is 0 Å². The summed E-state index contributed by atoms with van der Waals surface area (Å²) >= 11 is 0. The number of amides is 2. The molecule has 7 heteroatoms. The second-order valence-electron chi connectivity index (χ2n) is 5.66. The summed E-state index contributed by atoms with van der Waals surface area (Å²) in [6.45, 7) is 5.86. The predicted octanol–water partition coefficient (Wildman–Crippen LogP) is -0.221. The minimum atomic E-state index is -0.937. The highest BCUT2D eigenvalue weighted by atomic mass is 16.6. The first kappa shape index (κ1) is 15.7. The van der Waals surface area contributed by atoms with Crippen LogP contribution in [0.5, 0.6) is 0 Å². The third-order valence-corrected chi connectivity index (χ3v) is 2.83. The molecule has 7 nitrogen and oxygen atoms in total. The number of aliphatic hydroxyl groups excluding tert-OH is 1. The van der Waals surface area contributed by atoms with E-state index in [2.05, 4.69) is 5.32 Å². The van der Waals surface area contributed by atoms with Crippen LogP contribution in [-0.4, -0.2) is 53.0 Å². The zero-order valence-corrected chi connectivity index (χ0v) is 11.7. The van der Waals surface area contributed by atoms with E-state index in [1.807, 2.05) is 0 Å². The van der Waals surface area contributed by atoms with Crippen molar-refractivity contribution in [1.82, 2.24) is 10.2 Å². The maximum absolute atomic E-state index is 11.4. The number of nitrogens with one attached hydrogen (secondary N) is 1. The molecule has 0 aromatic heterocycles. The molecule has 0 aromatic rings. The Morgan fingerprint density at radius 1 is 1.53 bits per heavy atom. The lowest BCUT2D eigenvalue weighted by Gasteiger charge is -2.28. The van der Waals surface area contributed by atoms with Crippen LogP contribution < -0.4 is 11.1 Å². The van der Waals surface area contributed by atoms with E-state index < -0.39 is 29.9 Å². The Balaban J connectivity index is 2.41. The molecule has 0 spiro atoms. The maximum atomic E-state index is 11.4. The Kier molecular flexibility index (Phi) is 5.13. The van der Waals surface area contributed by atoms with Gasteiger partial charge in [0.05, 0.1) is 12.6 Å². The molecule has 2 amide bonds. The highest BCUT2D eigenvalue weighted by Gasteiger charge is 2.33. The number of ether oxygens (including phenoxy) is 1. The number of nitrogens with two attached hydrogens (primary N) is 1. The summed E-state index contributed by atoms with van der Waals surface area (Å²) in [4.78, 5) is 24.2. The van der Waals surface area contributed by atoms with Gasteiger partial charge in [-0.25, -0.2) is 4.79 Å². The highest BCUT2D eigenvalue weighted by molar-refractivity contribution is 5.80. The Morgan fingerprint density at radius 3 is 2.68 bits per heavy atom. The number of alkyl carbamates (subject to hydrolysis) is 1. The van der Waals surface area contributed by atoms with Gasteiger partial charge < -0.3 is 20.9 Å². The number of aliphatic hydroxyl groups is 1. The van der Waals surface area contributed by atoms with Crippen molar-refractivity contribution in [3.05, 3.63) is 0 Å². The van der Waals surface area contributed by atoms with Crippen LogP contribution in [-0.2, 0) is 9.53 Å². The highest BCUT2D eigenvalue weighted by Crippen LogP contribution is 2.18. The summed E-state index contributed by atoms with van der Waals surface area (Å²) in [5.41, 5.74) is 4.68. The molecule has 0 bridgehead atoms. The Morgan fingerprint density at radius 2 is 2.16 bits per heavy atom. The number of hydrogen-bond acceptors (Lipinski definition) is 5. The first-order valence-electron chi connectivity index (χ1n) is 6.40. The summed E-state index contributed by atoms with van der Waals surface area (Å²) in [5.74, 6) is -0.450. The fourth-order valence-corrected chi connectivity index (χ4v) is 2.06. The largest absolute Gasteiger partial charge is 0.444 e. The lowest BCUT2D eigenvalue weighted by atomic mass is 10.2. The van der Waals surface area contributed by atoms with Gasteiger partial charge in [0.25, 0.3) is 0 Å². The van der Waals surface area contributed by atoms with Gasteiger partial charge in [0.2, 0.25) is 5.91 Å². The van der Waals surface area contributed by atoms with E-state index in [4.69, 9.17) is 10.5 Å². The molecule has 0 aromatic carbocycles. The number of hydrogen-bond donors (Lipinski definition) is 3. The van der Waals surface area contributed by atoms with Crippen LogP contribution in [0.1, 0.15) is 33.6 Å². The van der Waals surface area contributed by atoms with Crippen molar-refractivity contribution < 1.29 is 19.4 Å². The predicted molar refractivity (Wildman–Crippen MR) is 69.2 cm³/mol. The van der Waals surface area contributed by atoms with E-state index in [1.165, 1.54) is 0 Å². The second kappa shape index (κ2) is 6.21. The molecule has 1 aliphatic rings. The number of nitrogens with zero attached hydrogens (tertiary/aromatic N) is 1. The number of carbonyl (C=O) groups is 2. The molecule has 1 saturated heterocycles. The lowest BCUT2D eigenvalue weighted by molar-refractivity contribution is -0.126. The van der Waals surface area contributed by atoms with Gasteiger partial charge in [0.15, 0.2) is 0 Å². The smallest absolute Gasteiger partial charge is 0.407 e. The van der Waals surface area contributed by atoms with Crippen LogP contribution in [0.3, 0.4) is 0 Å². The Hall–Kier alpha value is -1.34. The van der Waals surface area contributed by atoms with E-state index in [-0.39, 0.29) is 6.54 Å². The first-order valence-corrected chi connectivity index (χ1v) is 6.40. The van der Waals surface area contributed by atoms with Gasteiger partial charge in [-0.15, -0.1) is 0 Å². The van der Waals surface area contributed by atoms with Crippen molar-refractivity contribution in [2.75, 3.05) is 13.1 Å². The number of rotatable bonds is 4. The standard InChI is InChI=1S/C12H23N3O4/c1-12(2,3)19-11(18)14-7-9(16)15-6-4-5-8(15)10(13)17/h8-9,16H,4-7H2,1-3H3,(H2,13,17)(H,14,18). The SMILES string of the molecule is CC(C)(C)OC(=O)NCC(O)N1CCCC1C(N)=O. The van der Waals surface area contributed by atoms with E-state index in [1.54, 1.807) is 25.7 Å². The summed E-state index contributed by atoms with van der Waals surface area (Å²) in [6.07, 6.45) is -0.0930. The summed E-state index contributed by atoms with van der Waals surface area (Å²) < 4.78 is 5.05. The molecule has 1 rings (SSSR count). The van der Waals surface area contributed by atoms with Crippen molar-refractivity contribution >= 4 is 12.0 Å². The third-order valence-electron chi connectivity index (χ3n) is 2.83. The van der Waals surface area contributed by atoms with Gasteiger partial charge in [-0.1, -0.05) is 0 Å². The number of likely N-dealkylation sites (tertiary alicyclic amines) is 1. The van der Waals surface area contributed by atoms with Gasteiger partial charge in [0.1, 0.15) is 11.8 Å². The van der Waals surface area contributed by atoms with Crippen molar-refractivity contribution in [3.8, 4) is 0 Å². The molecule has 110 valence electrons. The Bertz CT molecular complexity index is 340. The molecule has 2 atom stereocenters. The van der Waals surface area contributed by atoms with Gasteiger partial charge in [0, 0.05) is 6.54 Å². The fourth-order valence-electron chi connectivity index (χ4n) is 2.06. The normalized spacial score (nSPS) is 22.0. The Labute approximate surface area is 113 Å². The number of primary amides is 1. The monoisotopic (exact) mass is 273 g/mol. The van der Waals surface area contributed by atoms with Crippen molar-refractivity contribution in [3.63, 3.8) is 0 Å². The van der Waals surface area contributed by atoms with Crippen molar-refractivity contribution in [2.45, 2.75) is 51.5 Å². The molecule has 4 N–H and O–H groups in total. The first-order chi connectivity index (χ1) is 8.70. The molecule has 19 heavy (non-hydrogen) atoms.